The van der Waals surface area contributed by atoms with Crippen LogP contribution in [0.1, 0.15) is 36.1 Å². The second-order valence-corrected chi connectivity index (χ2v) is 8.15. The van der Waals surface area contributed by atoms with Crippen LogP contribution in [0.2, 0.25) is 0 Å². The van der Waals surface area contributed by atoms with E-state index in [-0.39, 0.29) is 5.41 Å². The molecule has 1 heterocycles. The smallest absolute Gasteiger partial charge is 0.0358 e. The Hall–Kier alpha value is -2.12. The normalized spacial score (nSPS) is 15.6. The molecular formula is C22H18S. The van der Waals surface area contributed by atoms with Crippen LogP contribution >= 0.6 is 11.3 Å². The Bertz CT molecular complexity index is 1070. The topological polar surface area (TPSA) is 0 Å². The monoisotopic (exact) mass is 314 g/mol. The maximum absolute atomic E-state index is 2.46. The SMILES string of the molecule is CC1(C)c2ccccc2Cc2cc3sc4ccccc4c3cc21. The third-order valence-electron chi connectivity index (χ3n) is 5.35. The number of fused-ring (bicyclic) bond motifs is 5. The maximum atomic E-state index is 2.46. The van der Waals surface area contributed by atoms with E-state index in [0.29, 0.717) is 0 Å². The fourth-order valence-corrected chi connectivity index (χ4v) is 5.33. The van der Waals surface area contributed by atoms with Crippen molar-refractivity contribution in [2.24, 2.45) is 0 Å². The van der Waals surface area contributed by atoms with E-state index < -0.39 is 0 Å². The minimum atomic E-state index is 0.0708. The number of rotatable bonds is 0. The molecule has 23 heavy (non-hydrogen) atoms. The van der Waals surface area contributed by atoms with Gasteiger partial charge in [0.2, 0.25) is 0 Å². The van der Waals surface area contributed by atoms with Crippen LogP contribution in [0.15, 0.2) is 60.7 Å². The molecule has 0 radical (unpaired) electrons. The van der Waals surface area contributed by atoms with E-state index in [1.165, 1.54) is 42.4 Å². The molecule has 112 valence electrons. The van der Waals surface area contributed by atoms with Crippen molar-refractivity contribution in [3.63, 3.8) is 0 Å². The Balaban J connectivity index is 1.86. The molecule has 0 aliphatic heterocycles. The summed E-state index contributed by atoms with van der Waals surface area (Å²) in [4.78, 5) is 0. The van der Waals surface area contributed by atoms with Gasteiger partial charge in [-0.25, -0.2) is 0 Å². The minimum Gasteiger partial charge on any atom is -0.135 e. The van der Waals surface area contributed by atoms with Crippen LogP contribution < -0.4 is 0 Å². The average Bonchev–Trinajstić information content (AvgIpc) is 2.91. The summed E-state index contributed by atoms with van der Waals surface area (Å²) in [6.45, 7) is 4.73. The Morgan fingerprint density at radius 2 is 1.52 bits per heavy atom. The van der Waals surface area contributed by atoms with Gasteiger partial charge in [-0.15, -0.1) is 11.3 Å². The highest BCUT2D eigenvalue weighted by molar-refractivity contribution is 7.25. The number of benzene rings is 3. The van der Waals surface area contributed by atoms with Crippen LogP contribution in [0, 0.1) is 0 Å². The Morgan fingerprint density at radius 1 is 0.739 bits per heavy atom. The predicted octanol–water partition coefficient (Wildman–Crippen LogP) is 6.28. The summed E-state index contributed by atoms with van der Waals surface area (Å²) < 4.78 is 2.81. The van der Waals surface area contributed by atoms with Gasteiger partial charge in [0.25, 0.3) is 0 Å². The molecular weight excluding hydrogens is 296 g/mol. The minimum absolute atomic E-state index is 0.0708. The first kappa shape index (κ1) is 13.3. The van der Waals surface area contributed by atoms with Crippen molar-refractivity contribution >= 4 is 31.5 Å². The Labute approximate surface area is 140 Å². The van der Waals surface area contributed by atoms with Crippen LogP contribution in [0.3, 0.4) is 0 Å². The van der Waals surface area contributed by atoms with Gasteiger partial charge in [-0.1, -0.05) is 56.3 Å². The van der Waals surface area contributed by atoms with Crippen LogP contribution in [0.4, 0.5) is 0 Å². The molecule has 3 aromatic carbocycles. The van der Waals surface area contributed by atoms with Crippen molar-refractivity contribution in [1.82, 2.24) is 0 Å². The lowest BCUT2D eigenvalue weighted by Crippen LogP contribution is -2.26. The molecule has 0 saturated heterocycles. The molecule has 0 amide bonds. The summed E-state index contributed by atoms with van der Waals surface area (Å²) in [5.74, 6) is 0. The lowest BCUT2D eigenvalue weighted by atomic mass is 9.69. The van der Waals surface area contributed by atoms with Crippen LogP contribution in [-0.2, 0) is 11.8 Å². The molecule has 1 heteroatoms. The molecule has 4 aromatic rings. The highest BCUT2D eigenvalue weighted by Gasteiger charge is 2.32. The largest absolute Gasteiger partial charge is 0.135 e. The molecule has 0 saturated carbocycles. The quantitative estimate of drug-likeness (QED) is 0.358. The van der Waals surface area contributed by atoms with Gasteiger partial charge in [0.15, 0.2) is 0 Å². The van der Waals surface area contributed by atoms with Gasteiger partial charge in [0.05, 0.1) is 0 Å². The van der Waals surface area contributed by atoms with Gasteiger partial charge in [-0.2, -0.15) is 0 Å². The maximum Gasteiger partial charge on any atom is 0.0358 e. The summed E-state index contributed by atoms with van der Waals surface area (Å²) in [6.07, 6.45) is 1.05. The number of thiophene rings is 1. The van der Waals surface area contributed by atoms with Crippen LogP contribution in [0.5, 0.6) is 0 Å². The zero-order valence-electron chi connectivity index (χ0n) is 13.4. The molecule has 0 spiro atoms. The van der Waals surface area contributed by atoms with E-state index in [4.69, 9.17) is 0 Å². The van der Waals surface area contributed by atoms with Crippen LogP contribution in [-0.4, -0.2) is 0 Å². The van der Waals surface area contributed by atoms with Gasteiger partial charge >= 0.3 is 0 Å². The second-order valence-electron chi connectivity index (χ2n) is 7.06. The molecule has 1 aliphatic rings. The fourth-order valence-electron chi connectivity index (χ4n) is 4.18. The summed E-state index contributed by atoms with van der Waals surface area (Å²) >= 11 is 1.92. The van der Waals surface area contributed by atoms with Gasteiger partial charge in [0, 0.05) is 25.6 Å². The summed E-state index contributed by atoms with van der Waals surface area (Å²) in [6, 6.07) is 22.6. The van der Waals surface area contributed by atoms with Crippen molar-refractivity contribution in [3.8, 4) is 0 Å². The zero-order chi connectivity index (χ0) is 15.6. The first-order valence-electron chi connectivity index (χ1n) is 8.17. The van der Waals surface area contributed by atoms with Gasteiger partial charge in [-0.3, -0.25) is 0 Å². The lowest BCUT2D eigenvalue weighted by Gasteiger charge is -2.35. The molecule has 0 atom stereocenters. The molecule has 0 nitrogen and oxygen atoms in total. The summed E-state index contributed by atoms with van der Waals surface area (Å²) in [7, 11) is 0. The van der Waals surface area contributed by atoms with Crippen molar-refractivity contribution < 1.29 is 0 Å². The third kappa shape index (κ3) is 1.77. The van der Waals surface area contributed by atoms with Crippen molar-refractivity contribution in [2.45, 2.75) is 25.7 Å². The molecule has 0 unspecified atom stereocenters. The molecule has 0 fully saturated rings. The number of hydrogen-bond acceptors (Lipinski definition) is 1. The highest BCUT2D eigenvalue weighted by Crippen LogP contribution is 2.45. The molecule has 5 rings (SSSR count). The van der Waals surface area contributed by atoms with E-state index >= 15 is 0 Å². The number of hydrogen-bond donors (Lipinski definition) is 0. The third-order valence-corrected chi connectivity index (χ3v) is 6.48. The molecule has 1 aromatic heterocycles. The average molecular weight is 314 g/mol. The van der Waals surface area contributed by atoms with Gasteiger partial charge < -0.3 is 0 Å². The van der Waals surface area contributed by atoms with Crippen molar-refractivity contribution in [3.05, 3.63) is 82.9 Å². The summed E-state index contributed by atoms with van der Waals surface area (Å²) in [5, 5.41) is 2.81. The van der Waals surface area contributed by atoms with Crippen molar-refractivity contribution in [2.75, 3.05) is 0 Å². The van der Waals surface area contributed by atoms with E-state index in [9.17, 15) is 0 Å². The van der Waals surface area contributed by atoms with E-state index in [2.05, 4.69) is 74.5 Å². The molecule has 1 aliphatic carbocycles. The standard InChI is InChI=1S/C22H18S/c1-22(2)18-9-5-3-7-14(18)11-15-12-21-17(13-19(15)22)16-8-4-6-10-20(16)23-21/h3-10,12-13H,11H2,1-2H3. The van der Waals surface area contributed by atoms with Crippen molar-refractivity contribution in [1.29, 1.82) is 0 Å². The molecule has 0 N–H and O–H groups in total. The predicted molar refractivity (Wildman–Crippen MR) is 101 cm³/mol. The van der Waals surface area contributed by atoms with E-state index in [0.717, 1.165) is 6.42 Å². The van der Waals surface area contributed by atoms with E-state index in [1.54, 1.807) is 0 Å². The van der Waals surface area contributed by atoms with Crippen LogP contribution in [0.25, 0.3) is 20.2 Å². The lowest BCUT2D eigenvalue weighted by molar-refractivity contribution is 0.612. The Morgan fingerprint density at radius 3 is 2.43 bits per heavy atom. The fraction of sp³-hybridized carbons (Fsp3) is 0.182. The van der Waals surface area contributed by atoms with Gasteiger partial charge in [0.1, 0.15) is 0 Å². The second kappa shape index (κ2) is 4.46. The first-order valence-corrected chi connectivity index (χ1v) is 8.99. The van der Waals surface area contributed by atoms with E-state index in [1.807, 2.05) is 11.3 Å². The summed E-state index contributed by atoms with van der Waals surface area (Å²) in [5.41, 5.74) is 6.01. The highest BCUT2D eigenvalue weighted by atomic mass is 32.1. The molecule has 0 bridgehead atoms. The Kier molecular flexibility index (Phi) is 2.58. The zero-order valence-corrected chi connectivity index (χ0v) is 14.2. The first-order chi connectivity index (χ1) is 11.1. The van der Waals surface area contributed by atoms with Gasteiger partial charge in [-0.05, 0) is 46.9 Å².